The Labute approximate surface area is 159 Å². The monoisotopic (exact) mass is 402 g/mol. The van der Waals surface area contributed by atoms with Gasteiger partial charge >= 0.3 is 33.9 Å². The van der Waals surface area contributed by atoms with Gasteiger partial charge in [-0.1, -0.05) is 67.9 Å². The van der Waals surface area contributed by atoms with E-state index in [1.165, 1.54) is 10.4 Å². The molecule has 0 radical (unpaired) electrons. The molecule has 24 heavy (non-hydrogen) atoms. The Morgan fingerprint density at radius 2 is 1.21 bits per heavy atom. The second-order valence-electron chi connectivity index (χ2n) is 6.95. The molecule has 0 heterocycles. The van der Waals surface area contributed by atoms with Crippen molar-refractivity contribution in [2.24, 2.45) is 0 Å². The molecule has 4 nitrogen and oxygen atoms in total. The molecule has 0 aromatic heterocycles. The summed E-state index contributed by atoms with van der Waals surface area (Å²) in [5.74, 6) is 0. The van der Waals surface area contributed by atoms with Crippen molar-refractivity contribution in [2.75, 3.05) is 0 Å². The third kappa shape index (κ3) is 10.3. The molecular weight excluding hydrogens is 376 g/mol. The second kappa shape index (κ2) is 14.7. The van der Waals surface area contributed by atoms with Crippen molar-refractivity contribution in [3.63, 3.8) is 0 Å². The van der Waals surface area contributed by atoms with Crippen molar-refractivity contribution in [1.82, 2.24) is 0 Å². The molecule has 1 aromatic rings. The molecule has 0 amide bonds. The molecule has 1 aromatic carbocycles. The molecule has 132 valence electrons. The van der Waals surface area contributed by atoms with Crippen LogP contribution in [0.25, 0.3) is 0 Å². The van der Waals surface area contributed by atoms with E-state index in [9.17, 15) is 5.11 Å². The van der Waals surface area contributed by atoms with Crippen LogP contribution >= 0.6 is 0 Å². The average molecular weight is 403 g/mol. The molecule has 0 unspecified atom stereocenters. The maximum absolute atomic E-state index is 10.00. The van der Waals surface area contributed by atoms with Gasteiger partial charge in [-0.05, 0) is 12.5 Å². The van der Waals surface area contributed by atoms with E-state index in [-0.39, 0.29) is 23.5 Å². The molecule has 0 aliphatic heterocycles. The van der Waals surface area contributed by atoms with E-state index in [4.69, 9.17) is 14.0 Å². The third-order valence-corrected chi connectivity index (χ3v) is 7.45. The van der Waals surface area contributed by atoms with Crippen LogP contribution in [0.4, 0.5) is 0 Å². The second-order valence-corrected chi connectivity index (χ2v) is 17.0. The van der Waals surface area contributed by atoms with Crippen molar-refractivity contribution in [2.45, 2.75) is 52.3 Å². The van der Waals surface area contributed by atoms with E-state index in [2.05, 4.69) is 77.4 Å². The summed E-state index contributed by atoms with van der Waals surface area (Å²) in [6, 6.07) is 6.49. The summed E-state index contributed by atoms with van der Waals surface area (Å²) in [6.07, 6.45) is -0.354. The molecule has 1 rings (SSSR count). The summed E-state index contributed by atoms with van der Waals surface area (Å²) in [5.41, 5.74) is 1.16. The third-order valence-electron chi connectivity index (χ3n) is 3.10. The topological polar surface area (TPSA) is 79.9 Å². The molecule has 0 fully saturated rings. The fourth-order valence-corrected chi connectivity index (χ4v) is 8.17. The van der Waals surface area contributed by atoms with Crippen molar-refractivity contribution in [3.8, 4) is 0 Å². The number of benzene rings is 1. The minimum atomic E-state index is -1.42. The number of hydrogen-bond acceptors (Lipinski definition) is 1. The van der Waals surface area contributed by atoms with Crippen LogP contribution in [-0.4, -0.2) is 21.3 Å². The van der Waals surface area contributed by atoms with E-state index >= 15 is 0 Å². The zero-order valence-corrected chi connectivity index (χ0v) is 18.7. The first-order valence-electron chi connectivity index (χ1n) is 6.98. The fraction of sp³-hybridized carbons (Fsp3) is 0.471. The van der Waals surface area contributed by atoms with Crippen LogP contribution in [0.3, 0.4) is 0 Å². The van der Waals surface area contributed by atoms with Crippen LogP contribution in [0.5, 0.6) is 0 Å². The Morgan fingerprint density at radius 1 is 0.833 bits per heavy atom. The van der Waals surface area contributed by atoms with Gasteiger partial charge in [0.15, 0.2) is 0 Å². The zero-order valence-electron chi connectivity index (χ0n) is 15.4. The van der Waals surface area contributed by atoms with Gasteiger partial charge in [0.05, 0.1) is 22.3 Å². The van der Waals surface area contributed by atoms with Crippen LogP contribution in [0, 0.1) is 20.0 Å². The molecule has 0 aliphatic rings. The van der Waals surface area contributed by atoms with Crippen LogP contribution in [0.2, 0.25) is 39.3 Å². The van der Waals surface area contributed by atoms with Gasteiger partial charge in [0, 0.05) is 17.4 Å². The van der Waals surface area contributed by atoms with Gasteiger partial charge in [-0.2, -0.15) is 0 Å². The zero-order chi connectivity index (χ0) is 19.4. The van der Waals surface area contributed by atoms with Crippen LogP contribution < -0.4 is 10.4 Å². The first kappa shape index (κ1) is 31.2. The molecule has 0 saturated heterocycles. The molecule has 7 heteroatoms. The Balaban J connectivity index is -0.000000256. The predicted octanol–water partition coefficient (Wildman–Crippen LogP) is 2.72. The summed E-state index contributed by atoms with van der Waals surface area (Å²) < 4.78 is 22.5. The summed E-state index contributed by atoms with van der Waals surface area (Å²) in [5, 5.41) is 13.0. The smallest absolute Gasteiger partial charge is 0 e. The average Bonchev–Trinajstić information content (AvgIpc) is 2.50. The Kier molecular flexibility index (Phi) is 19.1. The van der Waals surface area contributed by atoms with E-state index < -0.39 is 16.1 Å². The standard InChI is InChI=1S/C14H26OSi2.3CO.Cr/c1-11(15)12-9-8-10-13(16(2,3)4)14(12)17(5,6)7;3*1-2;/h8-11,15H,1-7H3;;;;/t11-;;;;/m1..../s1. The van der Waals surface area contributed by atoms with E-state index in [0.717, 1.165) is 5.56 Å². The maximum atomic E-state index is 10.00. The van der Waals surface area contributed by atoms with Crippen LogP contribution in [0.15, 0.2) is 18.2 Å². The fourth-order valence-electron chi connectivity index (χ4n) is 2.38. The number of hydrogen-bond donors (Lipinski definition) is 1. The van der Waals surface area contributed by atoms with Gasteiger partial charge in [-0.3, -0.25) is 0 Å². The molecule has 0 saturated carbocycles. The summed E-state index contributed by atoms with van der Waals surface area (Å²) in [6.45, 7) is 29.7. The SMILES string of the molecule is C[C@@H](O)c1cccc([Si](C)(C)C)c1[Si](C)(C)C.[C-]#[O+].[C-]#[O+].[C-]#[O+].[Cr]. The Bertz CT molecular complexity index is 510. The number of aliphatic hydroxyl groups is 1. The first-order chi connectivity index (χ1) is 10.5. The maximum Gasteiger partial charge on any atom is 0 e. The van der Waals surface area contributed by atoms with Gasteiger partial charge in [0.25, 0.3) is 0 Å². The van der Waals surface area contributed by atoms with Crippen LogP contribution in [-0.2, 0) is 31.3 Å². The van der Waals surface area contributed by atoms with Gasteiger partial charge in [0.1, 0.15) is 0 Å². The minimum absolute atomic E-state index is 0. The number of rotatable bonds is 3. The molecular formula is C17H26CrO4Si2. The van der Waals surface area contributed by atoms with E-state index in [1.807, 2.05) is 6.92 Å². The molecule has 0 bridgehead atoms. The Morgan fingerprint density at radius 3 is 1.46 bits per heavy atom. The normalized spacial score (nSPS) is 10.8. The van der Waals surface area contributed by atoms with Crippen molar-refractivity contribution < 1.29 is 36.4 Å². The summed E-state index contributed by atoms with van der Waals surface area (Å²) >= 11 is 0. The van der Waals surface area contributed by atoms with Crippen molar-refractivity contribution >= 4 is 26.5 Å². The molecule has 1 atom stereocenters. The Hall–Kier alpha value is -0.634. The minimum Gasteiger partial charge on any atom is 0 e. The molecule has 0 aliphatic carbocycles. The van der Waals surface area contributed by atoms with Crippen LogP contribution in [0.1, 0.15) is 18.6 Å². The van der Waals surface area contributed by atoms with Gasteiger partial charge < -0.3 is 5.11 Å². The van der Waals surface area contributed by atoms with Gasteiger partial charge in [-0.25, -0.2) is 0 Å². The van der Waals surface area contributed by atoms with Gasteiger partial charge in [-0.15, -0.1) is 0 Å². The van der Waals surface area contributed by atoms with E-state index in [0.29, 0.717) is 0 Å². The summed E-state index contributed by atoms with van der Waals surface area (Å²) in [7, 11) is -2.76. The van der Waals surface area contributed by atoms with Crippen molar-refractivity contribution in [1.29, 1.82) is 0 Å². The first-order valence-corrected chi connectivity index (χ1v) is 14.0. The van der Waals surface area contributed by atoms with Gasteiger partial charge in [0.2, 0.25) is 0 Å². The quantitative estimate of drug-likeness (QED) is 0.471. The van der Waals surface area contributed by atoms with E-state index in [1.54, 1.807) is 0 Å². The predicted molar refractivity (Wildman–Crippen MR) is 94.8 cm³/mol. The molecule has 1 N–H and O–H groups in total. The molecule has 0 spiro atoms. The van der Waals surface area contributed by atoms with Crippen molar-refractivity contribution in [3.05, 3.63) is 43.7 Å². The summed E-state index contributed by atoms with van der Waals surface area (Å²) in [4.78, 5) is 0. The number of aliphatic hydroxyl groups excluding tert-OH is 1. The largest absolute Gasteiger partial charge is 0 e.